The van der Waals surface area contributed by atoms with E-state index in [1.807, 2.05) is 0 Å². The lowest BCUT2D eigenvalue weighted by molar-refractivity contribution is 0.0242. The first-order valence-corrected chi connectivity index (χ1v) is 6.98. The molecule has 0 spiro atoms. The third kappa shape index (κ3) is 2.99. The summed E-state index contributed by atoms with van der Waals surface area (Å²) in [6.07, 6.45) is 0.0390. The van der Waals surface area contributed by atoms with Gasteiger partial charge in [0.2, 0.25) is 5.95 Å². The summed E-state index contributed by atoms with van der Waals surface area (Å²) in [6.45, 7) is -0.525. The Morgan fingerprint density at radius 2 is 2.35 bits per heavy atom. The zero-order valence-corrected chi connectivity index (χ0v) is 11.2. The molecule has 0 bridgehead atoms. The highest BCUT2D eigenvalue weighted by atomic mass is 31.1. The lowest BCUT2D eigenvalue weighted by atomic mass is 10.3. The SMILES string of the molecule is Nc1nc2nc[nH]c2c(=O)n1C[C@@H](CO)OC[P+](=O)O. The first kappa shape index (κ1) is 14.5. The van der Waals surface area contributed by atoms with Gasteiger partial charge in [0.1, 0.15) is 6.10 Å². The smallest absolute Gasteiger partial charge is 0.394 e. The summed E-state index contributed by atoms with van der Waals surface area (Å²) in [7, 11) is -2.48. The Morgan fingerprint density at radius 1 is 1.60 bits per heavy atom. The summed E-state index contributed by atoms with van der Waals surface area (Å²) in [5, 5.41) is 9.16. The van der Waals surface area contributed by atoms with Gasteiger partial charge in [-0.05, 0) is 4.57 Å². The number of nitrogens with zero attached hydrogens (tertiary/aromatic N) is 3. The largest absolute Gasteiger partial charge is 0.534 e. The fourth-order valence-electron chi connectivity index (χ4n) is 1.65. The molecule has 2 atom stereocenters. The van der Waals surface area contributed by atoms with Crippen molar-refractivity contribution in [3.8, 4) is 0 Å². The minimum atomic E-state index is -2.48. The first-order valence-electron chi connectivity index (χ1n) is 5.58. The molecule has 20 heavy (non-hydrogen) atoms. The van der Waals surface area contributed by atoms with Crippen molar-refractivity contribution in [3.05, 3.63) is 16.7 Å². The molecule has 11 heteroatoms. The highest BCUT2D eigenvalue weighted by molar-refractivity contribution is 7.37. The van der Waals surface area contributed by atoms with Crippen LogP contribution in [0.25, 0.3) is 11.2 Å². The van der Waals surface area contributed by atoms with Gasteiger partial charge < -0.3 is 20.6 Å². The summed E-state index contributed by atoms with van der Waals surface area (Å²) in [5.41, 5.74) is 5.58. The predicted octanol–water partition coefficient (Wildman–Crippen LogP) is -1.23. The standard InChI is InChI=1S/C9H12N5O5P/c10-9-13-7-6(11-3-12-7)8(16)14(9)1-5(2-15)19-4-20(17)18/h3,5,15H,1-2,4H2,(H3-,10,11,12,13,16,17,18)/p+1/t5-/m0/s1. The number of imidazole rings is 1. The van der Waals surface area contributed by atoms with E-state index in [-0.39, 0.29) is 23.7 Å². The van der Waals surface area contributed by atoms with Gasteiger partial charge in [0.25, 0.3) is 11.9 Å². The maximum atomic E-state index is 12.1. The molecule has 2 aromatic heterocycles. The lowest BCUT2D eigenvalue weighted by Gasteiger charge is -2.15. The van der Waals surface area contributed by atoms with Crippen molar-refractivity contribution < 1.29 is 19.3 Å². The van der Waals surface area contributed by atoms with Crippen molar-refractivity contribution in [2.45, 2.75) is 12.6 Å². The molecular formula is C9H13N5O5P+. The molecule has 1 unspecified atom stereocenters. The van der Waals surface area contributed by atoms with E-state index >= 15 is 0 Å². The van der Waals surface area contributed by atoms with Gasteiger partial charge in [0.15, 0.2) is 11.2 Å². The number of ether oxygens (including phenoxy) is 1. The van der Waals surface area contributed by atoms with E-state index < -0.39 is 32.6 Å². The fourth-order valence-corrected chi connectivity index (χ4v) is 1.99. The number of anilines is 1. The number of aromatic nitrogens is 4. The molecule has 0 amide bonds. The molecule has 2 heterocycles. The highest BCUT2D eigenvalue weighted by Gasteiger charge is 2.19. The molecule has 0 aromatic carbocycles. The topological polar surface area (TPSA) is 156 Å². The molecule has 0 saturated carbocycles. The molecule has 10 nitrogen and oxygen atoms in total. The summed E-state index contributed by atoms with van der Waals surface area (Å²) in [6, 6.07) is 0. The molecule has 0 aliphatic carbocycles. The van der Waals surface area contributed by atoms with Crippen LogP contribution in [0.1, 0.15) is 0 Å². The third-order valence-corrected chi connectivity index (χ3v) is 2.96. The van der Waals surface area contributed by atoms with Crippen LogP contribution in [-0.2, 0) is 15.8 Å². The average Bonchev–Trinajstić information content (AvgIpc) is 2.86. The van der Waals surface area contributed by atoms with Gasteiger partial charge in [-0.25, -0.2) is 4.98 Å². The second-order valence-corrected chi connectivity index (χ2v) is 4.90. The van der Waals surface area contributed by atoms with E-state index in [2.05, 4.69) is 15.0 Å². The Bertz CT molecular complexity index is 683. The van der Waals surface area contributed by atoms with Gasteiger partial charge in [-0.2, -0.15) is 9.88 Å². The monoisotopic (exact) mass is 302 g/mol. The average molecular weight is 302 g/mol. The van der Waals surface area contributed by atoms with E-state index in [1.165, 1.54) is 6.33 Å². The number of aliphatic hydroxyl groups excluding tert-OH is 1. The van der Waals surface area contributed by atoms with Crippen LogP contribution in [0.15, 0.2) is 11.1 Å². The summed E-state index contributed by atoms with van der Waals surface area (Å²) >= 11 is 0. The maximum Gasteiger partial charge on any atom is 0.534 e. The molecule has 0 radical (unpaired) electrons. The van der Waals surface area contributed by atoms with Crippen LogP contribution in [-0.4, -0.2) is 48.6 Å². The molecule has 0 aliphatic rings. The molecule has 0 saturated heterocycles. The molecule has 0 aliphatic heterocycles. The van der Waals surface area contributed by atoms with E-state index in [9.17, 15) is 9.36 Å². The second kappa shape index (κ2) is 6.06. The lowest BCUT2D eigenvalue weighted by Crippen LogP contribution is -2.33. The molecule has 5 N–H and O–H groups in total. The van der Waals surface area contributed by atoms with Crippen LogP contribution in [0.2, 0.25) is 0 Å². The Labute approximate surface area is 113 Å². The molecule has 108 valence electrons. The number of aliphatic hydroxyl groups is 1. The number of fused-ring (bicyclic) bond motifs is 1. The van der Waals surface area contributed by atoms with Gasteiger partial charge in [-0.3, -0.25) is 9.36 Å². The molecule has 0 fully saturated rings. The van der Waals surface area contributed by atoms with Crippen molar-refractivity contribution in [1.29, 1.82) is 0 Å². The minimum Gasteiger partial charge on any atom is -0.394 e. The van der Waals surface area contributed by atoms with Crippen LogP contribution < -0.4 is 11.3 Å². The predicted molar refractivity (Wildman–Crippen MR) is 69.2 cm³/mol. The number of hydrogen-bond donors (Lipinski definition) is 4. The number of nitrogen functional groups attached to an aromatic ring is 1. The first-order chi connectivity index (χ1) is 9.52. The summed E-state index contributed by atoms with van der Waals surface area (Å²) in [4.78, 5) is 31.2. The highest BCUT2D eigenvalue weighted by Crippen LogP contribution is 2.14. The van der Waals surface area contributed by atoms with Gasteiger partial charge >= 0.3 is 8.03 Å². The van der Waals surface area contributed by atoms with Crippen molar-refractivity contribution >= 4 is 25.1 Å². The Hall–Kier alpha value is -1.87. The van der Waals surface area contributed by atoms with E-state index in [0.29, 0.717) is 0 Å². The van der Waals surface area contributed by atoms with Gasteiger partial charge in [-0.15, -0.1) is 0 Å². The third-order valence-electron chi connectivity index (χ3n) is 2.59. The number of H-pyrrole nitrogens is 1. The summed E-state index contributed by atoms with van der Waals surface area (Å²) < 4.78 is 16.7. The fraction of sp³-hybridized carbons (Fsp3) is 0.444. The van der Waals surface area contributed by atoms with Crippen LogP contribution >= 0.6 is 8.03 Å². The minimum absolute atomic E-state index is 0.0787. The number of hydrogen-bond acceptors (Lipinski definition) is 7. The van der Waals surface area contributed by atoms with Crippen molar-refractivity contribution in [2.24, 2.45) is 0 Å². The molecule has 2 rings (SSSR count). The number of nitrogens with one attached hydrogen (secondary N) is 1. The van der Waals surface area contributed by atoms with Crippen LogP contribution in [0.5, 0.6) is 0 Å². The Balaban J connectivity index is 2.27. The van der Waals surface area contributed by atoms with Crippen molar-refractivity contribution in [2.75, 3.05) is 18.7 Å². The molecular weight excluding hydrogens is 289 g/mol. The number of nitrogens with two attached hydrogens (primary N) is 1. The van der Waals surface area contributed by atoms with Crippen molar-refractivity contribution in [1.82, 2.24) is 19.5 Å². The molecule has 2 aromatic rings. The van der Waals surface area contributed by atoms with Gasteiger partial charge in [-0.1, -0.05) is 0 Å². The quantitative estimate of drug-likeness (QED) is 0.483. The Morgan fingerprint density at radius 3 is 3.00 bits per heavy atom. The number of rotatable bonds is 6. The van der Waals surface area contributed by atoms with E-state index in [1.54, 1.807) is 0 Å². The van der Waals surface area contributed by atoms with Crippen LogP contribution in [0.4, 0.5) is 5.95 Å². The summed E-state index contributed by atoms with van der Waals surface area (Å²) in [5.74, 6) is -0.0787. The zero-order valence-electron chi connectivity index (χ0n) is 10.3. The van der Waals surface area contributed by atoms with Crippen LogP contribution in [0.3, 0.4) is 0 Å². The van der Waals surface area contributed by atoms with Crippen LogP contribution in [0, 0.1) is 0 Å². The van der Waals surface area contributed by atoms with E-state index in [0.717, 1.165) is 4.57 Å². The van der Waals surface area contributed by atoms with Crippen molar-refractivity contribution in [3.63, 3.8) is 0 Å². The Kier molecular flexibility index (Phi) is 4.40. The maximum absolute atomic E-state index is 12.1. The normalized spacial score (nSPS) is 13.6. The van der Waals surface area contributed by atoms with E-state index in [4.69, 9.17) is 20.5 Å². The second-order valence-electron chi connectivity index (χ2n) is 3.94. The van der Waals surface area contributed by atoms with Gasteiger partial charge in [0, 0.05) is 0 Å². The zero-order chi connectivity index (χ0) is 14.7. The van der Waals surface area contributed by atoms with Gasteiger partial charge in [0.05, 0.1) is 19.5 Å². The number of aromatic amines is 1.